The molecule has 204 valence electrons. The third-order valence-corrected chi connectivity index (χ3v) is 9.68. The van der Waals surface area contributed by atoms with E-state index in [1.807, 2.05) is 12.1 Å². The molecule has 5 aliphatic heterocycles. The summed E-state index contributed by atoms with van der Waals surface area (Å²) in [6.45, 7) is 8.11. The zero-order valence-electron chi connectivity index (χ0n) is 22.5. The second-order valence-corrected chi connectivity index (χ2v) is 12.2. The molecule has 1 unspecified atom stereocenters. The summed E-state index contributed by atoms with van der Waals surface area (Å²) in [5, 5.41) is 2.40. The summed E-state index contributed by atoms with van der Waals surface area (Å²) in [5.74, 6) is -0.710. The highest BCUT2D eigenvalue weighted by Crippen LogP contribution is 2.45. The van der Waals surface area contributed by atoms with Gasteiger partial charge >= 0.3 is 0 Å². The molecule has 8 heteroatoms. The number of hydrogen-bond donors (Lipinski definition) is 1. The van der Waals surface area contributed by atoms with Crippen LogP contribution < -0.4 is 15.1 Å². The number of benzene rings is 2. The Morgan fingerprint density at radius 3 is 2.33 bits per heavy atom. The highest BCUT2D eigenvalue weighted by Gasteiger charge is 2.47. The summed E-state index contributed by atoms with van der Waals surface area (Å²) < 4.78 is 0. The number of amides is 3. The van der Waals surface area contributed by atoms with E-state index in [2.05, 4.69) is 50.3 Å². The van der Waals surface area contributed by atoms with Crippen molar-refractivity contribution in [3.05, 3.63) is 59.2 Å². The number of rotatable bonds is 5. The van der Waals surface area contributed by atoms with Gasteiger partial charge in [-0.05, 0) is 75.0 Å². The van der Waals surface area contributed by atoms with E-state index < -0.39 is 6.04 Å². The lowest BCUT2D eigenvalue weighted by Crippen LogP contribution is -2.60. The fraction of sp³-hybridized carbons (Fsp3) is 0.516. The number of imide groups is 1. The molecule has 4 fully saturated rings. The number of piperidine rings is 2. The Bertz CT molecular complexity index is 1290. The molecule has 3 amide bonds. The molecular weight excluding hydrogens is 490 g/mol. The van der Waals surface area contributed by atoms with Crippen LogP contribution in [-0.4, -0.2) is 72.8 Å². The molecule has 7 rings (SSSR count). The molecule has 2 aromatic rings. The van der Waals surface area contributed by atoms with Gasteiger partial charge in [0.25, 0.3) is 5.91 Å². The van der Waals surface area contributed by atoms with Crippen LogP contribution in [0.25, 0.3) is 0 Å². The number of nitrogens with zero attached hydrogens (tertiary/aromatic N) is 4. The van der Waals surface area contributed by atoms with Crippen LogP contribution in [0, 0.1) is 5.41 Å². The lowest BCUT2D eigenvalue weighted by Gasteiger charge is -2.55. The fourth-order valence-corrected chi connectivity index (χ4v) is 7.35. The van der Waals surface area contributed by atoms with Gasteiger partial charge in [-0.2, -0.15) is 0 Å². The van der Waals surface area contributed by atoms with E-state index in [-0.39, 0.29) is 24.1 Å². The van der Waals surface area contributed by atoms with E-state index >= 15 is 0 Å². The molecule has 2 aromatic carbocycles. The topological polar surface area (TPSA) is 76.2 Å². The van der Waals surface area contributed by atoms with Crippen molar-refractivity contribution in [2.75, 3.05) is 49.1 Å². The van der Waals surface area contributed by atoms with E-state index in [4.69, 9.17) is 0 Å². The minimum Gasteiger partial charge on any atom is -0.372 e. The van der Waals surface area contributed by atoms with E-state index in [1.165, 1.54) is 50.0 Å². The first-order valence-corrected chi connectivity index (χ1v) is 14.6. The Labute approximate surface area is 229 Å². The summed E-state index contributed by atoms with van der Waals surface area (Å²) in [7, 11) is 0. The molecule has 1 N–H and O–H groups in total. The van der Waals surface area contributed by atoms with Gasteiger partial charge in [-0.25, -0.2) is 0 Å². The fourth-order valence-electron chi connectivity index (χ4n) is 7.35. The van der Waals surface area contributed by atoms with Gasteiger partial charge < -0.3 is 14.7 Å². The minimum atomic E-state index is -0.570. The first kappa shape index (κ1) is 24.6. The largest absolute Gasteiger partial charge is 0.372 e. The molecule has 8 nitrogen and oxygen atoms in total. The maximum Gasteiger partial charge on any atom is 0.255 e. The smallest absolute Gasteiger partial charge is 0.255 e. The van der Waals surface area contributed by atoms with Gasteiger partial charge in [-0.3, -0.25) is 24.6 Å². The molecule has 4 saturated heterocycles. The number of nitrogens with one attached hydrogen (secondary N) is 1. The molecule has 0 aliphatic carbocycles. The van der Waals surface area contributed by atoms with E-state index in [0.717, 1.165) is 44.0 Å². The highest BCUT2D eigenvalue weighted by atomic mass is 16.2. The predicted molar refractivity (Wildman–Crippen MR) is 150 cm³/mol. The van der Waals surface area contributed by atoms with Crippen LogP contribution in [0.3, 0.4) is 0 Å². The van der Waals surface area contributed by atoms with Gasteiger partial charge in [0.05, 0.1) is 0 Å². The monoisotopic (exact) mass is 527 g/mol. The number of carbonyl (C=O) groups excluding carboxylic acids is 3. The highest BCUT2D eigenvalue weighted by molar-refractivity contribution is 6.06. The van der Waals surface area contributed by atoms with Gasteiger partial charge in [-0.15, -0.1) is 0 Å². The molecule has 1 atom stereocenters. The van der Waals surface area contributed by atoms with Crippen LogP contribution in [0.4, 0.5) is 11.4 Å². The maximum absolute atomic E-state index is 13.2. The van der Waals surface area contributed by atoms with Crippen molar-refractivity contribution in [2.45, 2.75) is 57.7 Å². The molecule has 5 aliphatic rings. The van der Waals surface area contributed by atoms with Crippen molar-refractivity contribution in [3.63, 3.8) is 0 Å². The number of likely N-dealkylation sites (tertiary alicyclic amines) is 1. The molecule has 0 radical (unpaired) electrons. The number of fused-ring (bicyclic) bond motifs is 1. The van der Waals surface area contributed by atoms with Gasteiger partial charge in [0.2, 0.25) is 11.8 Å². The SMILES string of the molecule is O=C1CCC(N2Cc3c(cccc3N3CC4(CCN(Cc5ccc(N6CCCC6)cc5)CC4)C3)C2=O)C(=O)N1. The maximum atomic E-state index is 13.2. The molecule has 5 heterocycles. The van der Waals surface area contributed by atoms with Crippen molar-refractivity contribution < 1.29 is 14.4 Å². The zero-order chi connectivity index (χ0) is 26.6. The first-order chi connectivity index (χ1) is 19.0. The molecule has 0 aromatic heterocycles. The Hall–Kier alpha value is -3.39. The number of anilines is 2. The van der Waals surface area contributed by atoms with Crippen LogP contribution in [0.2, 0.25) is 0 Å². The van der Waals surface area contributed by atoms with Crippen molar-refractivity contribution in [1.82, 2.24) is 15.1 Å². The van der Waals surface area contributed by atoms with E-state index in [1.54, 1.807) is 4.90 Å². The Morgan fingerprint density at radius 1 is 0.872 bits per heavy atom. The van der Waals surface area contributed by atoms with Crippen LogP contribution in [-0.2, 0) is 22.7 Å². The van der Waals surface area contributed by atoms with Crippen LogP contribution >= 0.6 is 0 Å². The van der Waals surface area contributed by atoms with Gasteiger partial charge in [0.15, 0.2) is 0 Å². The normalized spacial score (nSPS) is 24.8. The average molecular weight is 528 g/mol. The summed E-state index contributed by atoms with van der Waals surface area (Å²) >= 11 is 0. The van der Waals surface area contributed by atoms with Crippen LogP contribution in [0.1, 0.15) is 60.0 Å². The quantitative estimate of drug-likeness (QED) is 0.603. The number of carbonyl (C=O) groups is 3. The van der Waals surface area contributed by atoms with E-state index in [9.17, 15) is 14.4 Å². The third-order valence-electron chi connectivity index (χ3n) is 9.68. The van der Waals surface area contributed by atoms with Crippen LogP contribution in [0.5, 0.6) is 0 Å². The molecule has 39 heavy (non-hydrogen) atoms. The molecular formula is C31H37N5O3. The average Bonchev–Trinajstić information content (AvgIpc) is 3.57. The van der Waals surface area contributed by atoms with Gasteiger partial charge in [0, 0.05) is 73.6 Å². The standard InChI is InChI=1S/C31H37N5O3/c37-28-11-10-27(29(38)32-28)36-19-25-24(30(36)39)4-3-5-26(25)35-20-31(21-35)12-16-33(17-13-31)18-22-6-8-23(9-7-22)34-14-1-2-15-34/h3-9,27H,1-2,10-21H2,(H,32,37,38). The van der Waals surface area contributed by atoms with Crippen molar-refractivity contribution >= 4 is 29.1 Å². The predicted octanol–water partition coefficient (Wildman–Crippen LogP) is 3.15. The lowest BCUT2D eigenvalue weighted by atomic mass is 9.71. The van der Waals surface area contributed by atoms with Crippen LogP contribution in [0.15, 0.2) is 42.5 Å². The van der Waals surface area contributed by atoms with Crippen molar-refractivity contribution in [1.29, 1.82) is 0 Å². The summed E-state index contributed by atoms with van der Waals surface area (Å²) in [5.41, 5.74) is 5.96. The third kappa shape index (κ3) is 4.48. The number of hydrogen-bond acceptors (Lipinski definition) is 6. The van der Waals surface area contributed by atoms with Gasteiger partial charge in [-0.1, -0.05) is 18.2 Å². The minimum absolute atomic E-state index is 0.0987. The van der Waals surface area contributed by atoms with Gasteiger partial charge in [0.1, 0.15) is 6.04 Å². The second-order valence-electron chi connectivity index (χ2n) is 12.2. The van der Waals surface area contributed by atoms with Crippen molar-refractivity contribution in [3.8, 4) is 0 Å². The molecule has 1 spiro atoms. The zero-order valence-corrected chi connectivity index (χ0v) is 22.5. The molecule has 0 saturated carbocycles. The summed E-state index contributed by atoms with van der Waals surface area (Å²) in [4.78, 5) is 46.4. The second kappa shape index (κ2) is 9.66. The molecule has 0 bridgehead atoms. The summed E-state index contributed by atoms with van der Waals surface area (Å²) in [6.07, 6.45) is 5.68. The lowest BCUT2D eigenvalue weighted by molar-refractivity contribution is -0.136. The Balaban J connectivity index is 0.954. The first-order valence-electron chi connectivity index (χ1n) is 14.6. The Morgan fingerprint density at radius 2 is 1.62 bits per heavy atom. The summed E-state index contributed by atoms with van der Waals surface area (Å²) in [6, 6.07) is 14.6. The van der Waals surface area contributed by atoms with E-state index in [0.29, 0.717) is 23.9 Å². The van der Waals surface area contributed by atoms with Crippen molar-refractivity contribution in [2.24, 2.45) is 5.41 Å². The Kier molecular flexibility index (Phi) is 6.10.